The predicted octanol–water partition coefficient (Wildman–Crippen LogP) is 2.61. The van der Waals surface area contributed by atoms with Gasteiger partial charge in [-0.1, -0.05) is 0 Å². The number of ether oxygens (including phenoxy) is 1. The van der Waals surface area contributed by atoms with Crippen LogP contribution in [0.1, 0.15) is 5.56 Å². The number of nitrogens with two attached hydrogens (primary N) is 1. The lowest BCUT2D eigenvalue weighted by Gasteiger charge is -2.10. The Balaban J connectivity index is 3.02. The van der Waals surface area contributed by atoms with Crippen molar-refractivity contribution in [1.29, 1.82) is 0 Å². The maximum absolute atomic E-state index is 12.9. The molecule has 14 heavy (non-hydrogen) atoms. The number of hydrogen-bond donors (Lipinski definition) is 1. The molecule has 0 atom stereocenters. The Morgan fingerprint density at radius 3 is 2.29 bits per heavy atom. The van der Waals surface area contributed by atoms with Crippen LogP contribution in [0.4, 0.5) is 23.2 Å². The fourth-order valence-corrected chi connectivity index (χ4v) is 0.867. The van der Waals surface area contributed by atoms with E-state index < -0.39 is 17.9 Å². The molecule has 0 aliphatic heterocycles. The second-order valence-corrected chi connectivity index (χ2v) is 2.67. The minimum Gasteiger partial charge on any atom is -0.406 e. The van der Waals surface area contributed by atoms with Crippen LogP contribution in [-0.4, -0.2) is 6.36 Å². The standard InChI is InChI=1S/C8H7F4NO/c1-4-6(9)2-5(3-7(4)13)14-8(10,11)12/h2-3H,13H2,1H3. The van der Waals surface area contributed by atoms with Gasteiger partial charge in [0.05, 0.1) is 0 Å². The van der Waals surface area contributed by atoms with Crippen LogP contribution >= 0.6 is 0 Å². The lowest BCUT2D eigenvalue weighted by Crippen LogP contribution is -2.17. The van der Waals surface area contributed by atoms with Crippen LogP contribution in [0.5, 0.6) is 5.75 Å². The molecule has 0 fully saturated rings. The van der Waals surface area contributed by atoms with Crippen molar-refractivity contribution in [3.05, 3.63) is 23.5 Å². The summed E-state index contributed by atoms with van der Waals surface area (Å²) in [5, 5.41) is 0. The Bertz CT molecular complexity index is 325. The molecule has 0 heterocycles. The molecular formula is C8H7F4NO. The maximum Gasteiger partial charge on any atom is 0.573 e. The number of benzene rings is 1. The SMILES string of the molecule is Cc1c(N)cc(OC(F)(F)F)cc1F. The number of rotatable bonds is 1. The van der Waals surface area contributed by atoms with E-state index in [9.17, 15) is 17.6 Å². The van der Waals surface area contributed by atoms with Crippen LogP contribution in [0.15, 0.2) is 12.1 Å². The molecule has 0 aromatic heterocycles. The number of halogens is 4. The van der Waals surface area contributed by atoms with Crippen molar-refractivity contribution in [1.82, 2.24) is 0 Å². The molecule has 1 aromatic carbocycles. The topological polar surface area (TPSA) is 35.2 Å². The smallest absolute Gasteiger partial charge is 0.406 e. The summed E-state index contributed by atoms with van der Waals surface area (Å²) in [7, 11) is 0. The zero-order valence-corrected chi connectivity index (χ0v) is 7.15. The van der Waals surface area contributed by atoms with E-state index in [4.69, 9.17) is 5.73 Å². The van der Waals surface area contributed by atoms with Crippen LogP contribution in [0, 0.1) is 12.7 Å². The average Bonchev–Trinajstić information content (AvgIpc) is 1.96. The summed E-state index contributed by atoms with van der Waals surface area (Å²) < 4.78 is 51.5. The predicted molar refractivity (Wildman–Crippen MR) is 42.2 cm³/mol. The number of alkyl halides is 3. The van der Waals surface area contributed by atoms with Gasteiger partial charge in [0.1, 0.15) is 11.6 Å². The van der Waals surface area contributed by atoms with Crippen LogP contribution in [0.3, 0.4) is 0 Å². The van der Waals surface area contributed by atoms with Gasteiger partial charge in [0.15, 0.2) is 0 Å². The van der Waals surface area contributed by atoms with E-state index >= 15 is 0 Å². The molecule has 2 nitrogen and oxygen atoms in total. The van der Waals surface area contributed by atoms with Gasteiger partial charge in [-0.2, -0.15) is 0 Å². The third-order valence-corrected chi connectivity index (χ3v) is 1.59. The molecule has 1 aromatic rings. The molecule has 1 rings (SSSR count). The third kappa shape index (κ3) is 2.51. The Hall–Kier alpha value is -1.46. The van der Waals surface area contributed by atoms with E-state index in [-0.39, 0.29) is 11.3 Å². The van der Waals surface area contributed by atoms with Gasteiger partial charge in [0.2, 0.25) is 0 Å². The van der Waals surface area contributed by atoms with Crippen LogP contribution in [0.2, 0.25) is 0 Å². The van der Waals surface area contributed by atoms with Crippen molar-refractivity contribution in [3.63, 3.8) is 0 Å². The van der Waals surface area contributed by atoms with Gasteiger partial charge < -0.3 is 10.5 Å². The Kier molecular flexibility index (Phi) is 2.55. The van der Waals surface area contributed by atoms with Crippen molar-refractivity contribution in [2.24, 2.45) is 0 Å². The summed E-state index contributed by atoms with van der Waals surface area (Å²) in [4.78, 5) is 0. The van der Waals surface area contributed by atoms with E-state index in [0.717, 1.165) is 6.07 Å². The quantitative estimate of drug-likeness (QED) is 0.570. The fourth-order valence-electron chi connectivity index (χ4n) is 0.867. The molecule has 78 valence electrons. The summed E-state index contributed by atoms with van der Waals surface area (Å²) in [5.74, 6) is -1.48. The maximum atomic E-state index is 12.9. The average molecular weight is 209 g/mol. The number of nitrogen functional groups attached to an aromatic ring is 1. The van der Waals surface area contributed by atoms with Crippen molar-refractivity contribution in [2.45, 2.75) is 13.3 Å². The Morgan fingerprint density at radius 2 is 1.86 bits per heavy atom. The van der Waals surface area contributed by atoms with Crippen molar-refractivity contribution < 1.29 is 22.3 Å². The molecule has 0 unspecified atom stereocenters. The second kappa shape index (κ2) is 3.36. The molecule has 0 aliphatic carbocycles. The molecule has 0 spiro atoms. The lowest BCUT2D eigenvalue weighted by molar-refractivity contribution is -0.274. The molecule has 0 saturated carbocycles. The molecule has 0 bridgehead atoms. The molecule has 6 heteroatoms. The first-order valence-electron chi connectivity index (χ1n) is 3.61. The van der Waals surface area contributed by atoms with Crippen molar-refractivity contribution in [2.75, 3.05) is 5.73 Å². The molecule has 0 aliphatic rings. The highest BCUT2D eigenvalue weighted by Crippen LogP contribution is 2.27. The first-order chi connectivity index (χ1) is 6.29. The molecular weight excluding hydrogens is 202 g/mol. The van der Waals surface area contributed by atoms with Crippen LogP contribution in [0.25, 0.3) is 0 Å². The van der Waals surface area contributed by atoms with Gasteiger partial charge >= 0.3 is 6.36 Å². The monoisotopic (exact) mass is 209 g/mol. The molecule has 0 radical (unpaired) electrons. The van der Waals surface area contributed by atoms with E-state index in [2.05, 4.69) is 4.74 Å². The summed E-state index contributed by atoms with van der Waals surface area (Å²) >= 11 is 0. The summed E-state index contributed by atoms with van der Waals surface area (Å²) in [6.45, 7) is 1.36. The van der Waals surface area contributed by atoms with Gasteiger partial charge in [-0.3, -0.25) is 0 Å². The Labute approximate surface area is 77.3 Å². The van der Waals surface area contributed by atoms with Gasteiger partial charge in [-0.25, -0.2) is 4.39 Å². The molecule has 2 N–H and O–H groups in total. The second-order valence-electron chi connectivity index (χ2n) is 2.67. The van der Waals surface area contributed by atoms with E-state index in [1.807, 2.05) is 0 Å². The third-order valence-electron chi connectivity index (χ3n) is 1.59. The number of anilines is 1. The largest absolute Gasteiger partial charge is 0.573 e. The van der Waals surface area contributed by atoms with Crippen LogP contribution in [-0.2, 0) is 0 Å². The molecule has 0 amide bonds. The van der Waals surface area contributed by atoms with Gasteiger partial charge in [-0.05, 0) is 6.92 Å². The van der Waals surface area contributed by atoms with Gasteiger partial charge in [-0.15, -0.1) is 13.2 Å². The minimum atomic E-state index is -4.84. The summed E-state index contributed by atoms with van der Waals surface area (Å²) in [6, 6.07) is 1.56. The number of hydrogen-bond acceptors (Lipinski definition) is 2. The Morgan fingerprint density at radius 1 is 1.29 bits per heavy atom. The first-order valence-corrected chi connectivity index (χ1v) is 3.61. The van der Waals surface area contributed by atoms with Gasteiger partial charge in [0.25, 0.3) is 0 Å². The zero-order chi connectivity index (χ0) is 10.9. The van der Waals surface area contributed by atoms with E-state index in [0.29, 0.717) is 6.07 Å². The minimum absolute atomic E-state index is 0.0794. The fraction of sp³-hybridized carbons (Fsp3) is 0.250. The summed E-state index contributed by atoms with van der Waals surface area (Å²) in [6.07, 6.45) is -4.84. The van der Waals surface area contributed by atoms with E-state index in [1.54, 1.807) is 0 Å². The highest BCUT2D eigenvalue weighted by Gasteiger charge is 2.31. The lowest BCUT2D eigenvalue weighted by atomic mass is 10.2. The highest BCUT2D eigenvalue weighted by molar-refractivity contribution is 5.51. The van der Waals surface area contributed by atoms with Crippen molar-refractivity contribution >= 4 is 5.69 Å². The van der Waals surface area contributed by atoms with E-state index in [1.165, 1.54) is 6.92 Å². The van der Waals surface area contributed by atoms with Crippen molar-refractivity contribution in [3.8, 4) is 5.75 Å². The van der Waals surface area contributed by atoms with Gasteiger partial charge in [0, 0.05) is 23.4 Å². The summed E-state index contributed by atoms with van der Waals surface area (Å²) in [5.41, 5.74) is 5.27. The van der Waals surface area contributed by atoms with Crippen LogP contribution < -0.4 is 10.5 Å². The molecule has 0 saturated heterocycles. The highest BCUT2D eigenvalue weighted by atomic mass is 19.4. The first kappa shape index (κ1) is 10.6. The normalized spacial score (nSPS) is 11.5. The zero-order valence-electron chi connectivity index (χ0n) is 7.15.